The third-order valence-corrected chi connectivity index (χ3v) is 5.84. The number of nitrogens with zero attached hydrogens (tertiary/aromatic N) is 3. The summed E-state index contributed by atoms with van der Waals surface area (Å²) in [7, 11) is 0. The van der Waals surface area contributed by atoms with Crippen molar-refractivity contribution in [2.24, 2.45) is 0 Å². The topological polar surface area (TPSA) is 75.2 Å². The molecule has 0 aliphatic carbocycles. The van der Waals surface area contributed by atoms with Crippen molar-refractivity contribution in [2.75, 3.05) is 6.54 Å². The number of halogens is 2. The fraction of sp³-hybridized carbons (Fsp3) is 0.308. The Morgan fingerprint density at radius 2 is 1.88 bits per heavy atom. The van der Waals surface area contributed by atoms with E-state index in [0.717, 1.165) is 5.56 Å². The SMILES string of the molecule is CC(=O)N[C@@](F)(Cc1ccccc1)C(=O)N1CCC[C@H]1c1cncc(Cc2cccc(F)c2)n1. The lowest BCUT2D eigenvalue weighted by atomic mass is 10.0. The molecule has 0 saturated carbocycles. The number of nitrogens with one attached hydrogen (secondary N) is 1. The van der Waals surface area contributed by atoms with Crippen molar-refractivity contribution in [1.29, 1.82) is 0 Å². The number of amides is 2. The second-order valence-corrected chi connectivity index (χ2v) is 8.54. The summed E-state index contributed by atoms with van der Waals surface area (Å²) in [6.07, 6.45) is 4.55. The van der Waals surface area contributed by atoms with E-state index in [0.29, 0.717) is 42.8 Å². The summed E-state index contributed by atoms with van der Waals surface area (Å²) < 4.78 is 29.6. The molecule has 2 heterocycles. The van der Waals surface area contributed by atoms with Gasteiger partial charge in [0.25, 0.3) is 11.7 Å². The molecule has 1 saturated heterocycles. The molecular formula is C26H26F2N4O2. The average molecular weight is 465 g/mol. The van der Waals surface area contributed by atoms with Crippen LogP contribution < -0.4 is 5.32 Å². The largest absolute Gasteiger partial charge is 0.330 e. The molecule has 4 rings (SSSR count). The first-order valence-corrected chi connectivity index (χ1v) is 11.2. The van der Waals surface area contributed by atoms with Gasteiger partial charge >= 0.3 is 0 Å². The second-order valence-electron chi connectivity index (χ2n) is 8.54. The fourth-order valence-corrected chi connectivity index (χ4v) is 4.40. The van der Waals surface area contributed by atoms with Crippen LogP contribution in [0.15, 0.2) is 67.0 Å². The van der Waals surface area contributed by atoms with E-state index in [-0.39, 0.29) is 12.2 Å². The molecule has 176 valence electrons. The van der Waals surface area contributed by atoms with Gasteiger partial charge in [0.2, 0.25) is 5.91 Å². The van der Waals surface area contributed by atoms with E-state index in [9.17, 15) is 14.0 Å². The maximum atomic E-state index is 16.1. The third-order valence-electron chi connectivity index (χ3n) is 5.84. The monoisotopic (exact) mass is 464 g/mol. The highest BCUT2D eigenvalue weighted by molar-refractivity contribution is 5.90. The Morgan fingerprint density at radius 1 is 1.12 bits per heavy atom. The van der Waals surface area contributed by atoms with Crippen molar-refractivity contribution >= 4 is 11.8 Å². The van der Waals surface area contributed by atoms with Gasteiger partial charge in [-0.25, -0.2) is 8.78 Å². The van der Waals surface area contributed by atoms with Crippen LogP contribution in [0.3, 0.4) is 0 Å². The molecular weight excluding hydrogens is 438 g/mol. The van der Waals surface area contributed by atoms with Crippen LogP contribution in [-0.4, -0.2) is 39.0 Å². The molecule has 1 aliphatic heterocycles. The zero-order valence-corrected chi connectivity index (χ0v) is 18.9. The van der Waals surface area contributed by atoms with Crippen LogP contribution in [0, 0.1) is 5.82 Å². The molecule has 0 radical (unpaired) electrons. The van der Waals surface area contributed by atoms with Gasteiger partial charge in [0, 0.05) is 32.5 Å². The van der Waals surface area contributed by atoms with Crippen molar-refractivity contribution < 1.29 is 18.4 Å². The molecule has 2 atom stereocenters. The van der Waals surface area contributed by atoms with Crippen molar-refractivity contribution in [3.05, 3.63) is 95.3 Å². The number of carbonyl (C=O) groups excluding carboxylic acids is 2. The van der Waals surface area contributed by atoms with Crippen molar-refractivity contribution in [3.8, 4) is 0 Å². The minimum Gasteiger partial charge on any atom is -0.330 e. The highest BCUT2D eigenvalue weighted by Gasteiger charge is 2.46. The number of likely N-dealkylation sites (tertiary alicyclic amines) is 1. The zero-order chi connectivity index (χ0) is 24.1. The maximum absolute atomic E-state index is 16.1. The Hall–Kier alpha value is -3.68. The molecule has 2 amide bonds. The van der Waals surface area contributed by atoms with Gasteiger partial charge in [0.05, 0.1) is 23.6 Å². The first kappa shape index (κ1) is 23.5. The van der Waals surface area contributed by atoms with E-state index < -0.39 is 23.6 Å². The Labute approximate surface area is 197 Å². The molecule has 1 aliphatic rings. The lowest BCUT2D eigenvalue weighted by Gasteiger charge is -2.33. The zero-order valence-electron chi connectivity index (χ0n) is 18.9. The van der Waals surface area contributed by atoms with Crippen molar-refractivity contribution in [1.82, 2.24) is 20.2 Å². The highest BCUT2D eigenvalue weighted by Crippen LogP contribution is 2.34. The summed E-state index contributed by atoms with van der Waals surface area (Å²) in [4.78, 5) is 35.6. The number of hydrogen-bond donors (Lipinski definition) is 1. The van der Waals surface area contributed by atoms with E-state index in [1.807, 2.05) is 0 Å². The molecule has 34 heavy (non-hydrogen) atoms. The molecule has 1 fully saturated rings. The summed E-state index contributed by atoms with van der Waals surface area (Å²) in [5, 5.41) is 2.23. The summed E-state index contributed by atoms with van der Waals surface area (Å²) in [6.45, 7) is 1.54. The average Bonchev–Trinajstić information content (AvgIpc) is 3.29. The summed E-state index contributed by atoms with van der Waals surface area (Å²) in [5.41, 5.74) is 2.52. The Kier molecular flexibility index (Phi) is 6.95. The van der Waals surface area contributed by atoms with Crippen LogP contribution in [0.5, 0.6) is 0 Å². The third kappa shape index (κ3) is 5.44. The minimum atomic E-state index is -2.58. The Morgan fingerprint density at radius 3 is 2.62 bits per heavy atom. The van der Waals surface area contributed by atoms with E-state index in [1.54, 1.807) is 54.9 Å². The van der Waals surface area contributed by atoms with Crippen LogP contribution in [0.25, 0.3) is 0 Å². The second kappa shape index (κ2) is 10.1. The fourth-order valence-electron chi connectivity index (χ4n) is 4.40. The smallest absolute Gasteiger partial charge is 0.282 e. The van der Waals surface area contributed by atoms with Gasteiger partial charge < -0.3 is 10.2 Å². The van der Waals surface area contributed by atoms with E-state index >= 15 is 4.39 Å². The van der Waals surface area contributed by atoms with Crippen LogP contribution in [0.1, 0.15) is 48.3 Å². The summed E-state index contributed by atoms with van der Waals surface area (Å²) in [5.74, 6) is -4.34. The number of carbonyl (C=O) groups is 2. The minimum absolute atomic E-state index is 0.277. The van der Waals surface area contributed by atoms with E-state index in [4.69, 9.17) is 0 Å². The molecule has 3 aromatic rings. The number of rotatable bonds is 7. The standard InChI is InChI=1S/C26H26F2N4O2/c1-18(33)31-26(28,15-19-7-3-2-4-8-19)25(34)32-12-6-11-24(32)23-17-29-16-22(30-23)14-20-9-5-10-21(27)13-20/h2-5,7-10,13,16-17,24H,6,11-12,14-15H2,1H3,(H,31,33)/t24-,26-/m0/s1. The van der Waals surface area contributed by atoms with Gasteiger partial charge in [0.15, 0.2) is 0 Å². The van der Waals surface area contributed by atoms with Crippen LogP contribution in [0.2, 0.25) is 0 Å². The van der Waals surface area contributed by atoms with Gasteiger partial charge in [-0.3, -0.25) is 19.6 Å². The lowest BCUT2D eigenvalue weighted by molar-refractivity contribution is -0.151. The van der Waals surface area contributed by atoms with E-state index in [2.05, 4.69) is 15.3 Å². The maximum Gasteiger partial charge on any atom is 0.282 e. The van der Waals surface area contributed by atoms with Crippen molar-refractivity contribution in [3.63, 3.8) is 0 Å². The molecule has 0 unspecified atom stereocenters. The first-order valence-electron chi connectivity index (χ1n) is 11.2. The number of hydrogen-bond acceptors (Lipinski definition) is 4. The molecule has 6 nitrogen and oxygen atoms in total. The van der Waals surface area contributed by atoms with Crippen LogP contribution in [0.4, 0.5) is 8.78 Å². The number of aromatic nitrogens is 2. The predicted octanol–water partition coefficient (Wildman–Crippen LogP) is 3.91. The molecule has 0 bridgehead atoms. The first-order chi connectivity index (χ1) is 16.3. The van der Waals surface area contributed by atoms with Gasteiger partial charge in [-0.15, -0.1) is 0 Å². The highest BCUT2D eigenvalue weighted by atomic mass is 19.1. The molecule has 2 aromatic carbocycles. The normalized spacial score (nSPS) is 17.3. The number of benzene rings is 2. The van der Waals surface area contributed by atoms with E-state index in [1.165, 1.54) is 24.0 Å². The van der Waals surface area contributed by atoms with Gasteiger partial charge in [-0.05, 0) is 36.1 Å². The molecule has 8 heteroatoms. The lowest BCUT2D eigenvalue weighted by Crippen LogP contribution is -2.57. The van der Waals surface area contributed by atoms with Crippen LogP contribution in [-0.2, 0) is 22.4 Å². The van der Waals surface area contributed by atoms with Gasteiger partial charge in [-0.1, -0.05) is 42.5 Å². The predicted molar refractivity (Wildman–Crippen MR) is 123 cm³/mol. The van der Waals surface area contributed by atoms with Gasteiger partial charge in [0.1, 0.15) is 5.82 Å². The molecule has 0 spiro atoms. The van der Waals surface area contributed by atoms with Crippen LogP contribution >= 0.6 is 0 Å². The summed E-state index contributed by atoms with van der Waals surface area (Å²) >= 11 is 0. The quantitative estimate of drug-likeness (QED) is 0.538. The van der Waals surface area contributed by atoms with Crippen molar-refractivity contribution in [2.45, 2.75) is 44.4 Å². The molecule has 1 N–H and O–H groups in total. The number of alkyl halides is 1. The Bertz CT molecular complexity index is 1170. The van der Waals surface area contributed by atoms with Gasteiger partial charge in [-0.2, -0.15) is 0 Å². The molecule has 1 aromatic heterocycles. The Balaban J connectivity index is 1.58. The summed E-state index contributed by atoms with van der Waals surface area (Å²) in [6, 6.07) is 14.5.